The minimum atomic E-state index is 0.892. The Bertz CT molecular complexity index is 289. The fraction of sp³-hybridized carbons (Fsp3) is 0.400. The van der Waals surface area contributed by atoms with Gasteiger partial charge in [-0.05, 0) is 55.0 Å². The van der Waals surface area contributed by atoms with E-state index in [0.29, 0.717) is 0 Å². The van der Waals surface area contributed by atoms with Gasteiger partial charge in [0.15, 0.2) is 0 Å². The van der Waals surface area contributed by atoms with E-state index in [4.69, 9.17) is 11.6 Å². The summed E-state index contributed by atoms with van der Waals surface area (Å²) in [6.07, 6.45) is 3.77. The Morgan fingerprint density at radius 3 is 2.91 bits per heavy atom. The van der Waals surface area contributed by atoms with Gasteiger partial charge in [0, 0.05) is 5.02 Å². The molecule has 58 valence electrons. The zero-order valence-corrected chi connectivity index (χ0v) is 7.41. The molecule has 0 radical (unpaired) electrons. The van der Waals surface area contributed by atoms with Crippen molar-refractivity contribution in [2.75, 3.05) is 0 Å². The van der Waals surface area contributed by atoms with Crippen LogP contribution in [0.25, 0.3) is 0 Å². The van der Waals surface area contributed by atoms with E-state index in [0.717, 1.165) is 5.02 Å². The van der Waals surface area contributed by atoms with Crippen molar-refractivity contribution in [3.8, 4) is 0 Å². The molecular weight excluding hydrogens is 156 g/mol. The van der Waals surface area contributed by atoms with Crippen molar-refractivity contribution >= 4 is 11.6 Å². The fourth-order valence-corrected chi connectivity index (χ4v) is 2.17. The largest absolute Gasteiger partial charge is 0.0843 e. The van der Waals surface area contributed by atoms with E-state index in [1.165, 1.54) is 36.0 Å². The number of aryl methyl sites for hydroxylation is 2. The van der Waals surface area contributed by atoms with E-state index < -0.39 is 0 Å². The first kappa shape index (κ1) is 7.17. The van der Waals surface area contributed by atoms with Gasteiger partial charge in [-0.2, -0.15) is 0 Å². The minimum Gasteiger partial charge on any atom is -0.0843 e. The lowest BCUT2D eigenvalue weighted by atomic mass is 10.1. The van der Waals surface area contributed by atoms with Gasteiger partial charge >= 0.3 is 0 Å². The molecule has 0 nitrogen and oxygen atoms in total. The van der Waals surface area contributed by atoms with Gasteiger partial charge in [0.2, 0.25) is 0 Å². The molecule has 1 aliphatic carbocycles. The van der Waals surface area contributed by atoms with Crippen LogP contribution in [-0.4, -0.2) is 0 Å². The van der Waals surface area contributed by atoms with E-state index in [-0.39, 0.29) is 0 Å². The summed E-state index contributed by atoms with van der Waals surface area (Å²) in [5, 5.41) is 0.892. The number of rotatable bonds is 0. The second-order valence-electron chi connectivity index (χ2n) is 3.21. The van der Waals surface area contributed by atoms with Crippen LogP contribution in [0.2, 0.25) is 5.02 Å². The molecule has 1 aromatic carbocycles. The van der Waals surface area contributed by atoms with E-state index >= 15 is 0 Å². The van der Waals surface area contributed by atoms with E-state index in [9.17, 15) is 0 Å². The van der Waals surface area contributed by atoms with Crippen LogP contribution in [0, 0.1) is 6.92 Å². The summed E-state index contributed by atoms with van der Waals surface area (Å²) >= 11 is 5.93. The van der Waals surface area contributed by atoms with E-state index in [2.05, 4.69) is 19.1 Å². The van der Waals surface area contributed by atoms with Crippen LogP contribution >= 0.6 is 11.6 Å². The van der Waals surface area contributed by atoms with Gasteiger partial charge in [-0.15, -0.1) is 0 Å². The Morgan fingerprint density at radius 1 is 1.27 bits per heavy atom. The Kier molecular flexibility index (Phi) is 1.65. The maximum Gasteiger partial charge on any atom is 0.0411 e. The lowest BCUT2D eigenvalue weighted by molar-refractivity contribution is 0.909. The highest BCUT2D eigenvalue weighted by Crippen LogP contribution is 2.28. The zero-order chi connectivity index (χ0) is 7.84. The maximum absolute atomic E-state index is 5.93. The highest BCUT2D eigenvalue weighted by Gasteiger charge is 2.12. The fourth-order valence-electron chi connectivity index (χ4n) is 1.88. The molecule has 1 aromatic rings. The SMILES string of the molecule is Cc1cc(Cl)cc2c1CCC2. The standard InChI is InChI=1S/C10H11Cl/c1-7-5-9(11)6-8-3-2-4-10(7)8/h5-6H,2-4H2,1H3. The third kappa shape index (κ3) is 1.16. The molecule has 0 saturated heterocycles. The first-order chi connectivity index (χ1) is 5.27. The summed E-state index contributed by atoms with van der Waals surface area (Å²) < 4.78 is 0. The lowest BCUT2D eigenvalue weighted by Gasteiger charge is -2.03. The number of hydrogen-bond donors (Lipinski definition) is 0. The van der Waals surface area contributed by atoms with Gasteiger partial charge in [-0.25, -0.2) is 0 Å². The topological polar surface area (TPSA) is 0 Å². The van der Waals surface area contributed by atoms with Gasteiger partial charge < -0.3 is 0 Å². The predicted octanol–water partition coefficient (Wildman–Crippen LogP) is 3.14. The lowest BCUT2D eigenvalue weighted by Crippen LogP contribution is -1.86. The summed E-state index contributed by atoms with van der Waals surface area (Å²) in [4.78, 5) is 0. The molecular formula is C10H11Cl. The highest BCUT2D eigenvalue weighted by molar-refractivity contribution is 6.30. The summed E-state index contributed by atoms with van der Waals surface area (Å²) in [6.45, 7) is 2.15. The molecule has 0 atom stereocenters. The van der Waals surface area contributed by atoms with Crippen molar-refractivity contribution in [3.05, 3.63) is 33.8 Å². The Balaban J connectivity index is 2.60. The molecule has 0 spiro atoms. The van der Waals surface area contributed by atoms with Crippen molar-refractivity contribution in [1.29, 1.82) is 0 Å². The molecule has 1 aliphatic rings. The Hall–Kier alpha value is -0.490. The molecule has 0 saturated carbocycles. The molecule has 2 rings (SSSR count). The summed E-state index contributed by atoms with van der Waals surface area (Å²) in [5.41, 5.74) is 4.37. The van der Waals surface area contributed by atoms with Crippen molar-refractivity contribution in [2.45, 2.75) is 26.2 Å². The molecule has 0 bridgehead atoms. The van der Waals surface area contributed by atoms with Crippen molar-refractivity contribution in [1.82, 2.24) is 0 Å². The van der Waals surface area contributed by atoms with Crippen LogP contribution in [0.3, 0.4) is 0 Å². The normalized spacial score (nSPS) is 15.1. The number of benzene rings is 1. The van der Waals surface area contributed by atoms with Gasteiger partial charge in [0.1, 0.15) is 0 Å². The molecule has 0 heterocycles. The van der Waals surface area contributed by atoms with Gasteiger partial charge in [0.25, 0.3) is 0 Å². The third-order valence-corrected chi connectivity index (χ3v) is 2.62. The monoisotopic (exact) mass is 166 g/mol. The average Bonchev–Trinajstić information content (AvgIpc) is 2.34. The quantitative estimate of drug-likeness (QED) is 0.556. The number of hydrogen-bond acceptors (Lipinski definition) is 0. The van der Waals surface area contributed by atoms with Crippen LogP contribution in [0.1, 0.15) is 23.1 Å². The van der Waals surface area contributed by atoms with Crippen LogP contribution in [0.4, 0.5) is 0 Å². The van der Waals surface area contributed by atoms with Gasteiger partial charge in [-0.1, -0.05) is 11.6 Å². The van der Waals surface area contributed by atoms with Crippen LogP contribution < -0.4 is 0 Å². The highest BCUT2D eigenvalue weighted by atomic mass is 35.5. The molecule has 0 N–H and O–H groups in total. The molecule has 1 heteroatoms. The summed E-state index contributed by atoms with van der Waals surface area (Å²) in [7, 11) is 0. The second kappa shape index (κ2) is 2.53. The average molecular weight is 167 g/mol. The molecule has 0 unspecified atom stereocenters. The first-order valence-corrected chi connectivity index (χ1v) is 4.43. The molecule has 11 heavy (non-hydrogen) atoms. The van der Waals surface area contributed by atoms with Gasteiger partial charge in [-0.3, -0.25) is 0 Å². The van der Waals surface area contributed by atoms with Gasteiger partial charge in [0.05, 0.1) is 0 Å². The second-order valence-corrected chi connectivity index (χ2v) is 3.65. The van der Waals surface area contributed by atoms with Crippen molar-refractivity contribution in [3.63, 3.8) is 0 Å². The minimum absolute atomic E-state index is 0.892. The Labute approximate surface area is 72.2 Å². The predicted molar refractivity (Wildman–Crippen MR) is 48.2 cm³/mol. The van der Waals surface area contributed by atoms with E-state index in [1.807, 2.05) is 0 Å². The molecule has 0 amide bonds. The molecule has 0 aliphatic heterocycles. The summed E-state index contributed by atoms with van der Waals surface area (Å²) in [5.74, 6) is 0. The maximum atomic E-state index is 5.93. The number of fused-ring (bicyclic) bond motifs is 1. The Morgan fingerprint density at radius 2 is 2.09 bits per heavy atom. The van der Waals surface area contributed by atoms with Crippen LogP contribution in [0.5, 0.6) is 0 Å². The van der Waals surface area contributed by atoms with Crippen molar-refractivity contribution in [2.24, 2.45) is 0 Å². The van der Waals surface area contributed by atoms with Crippen molar-refractivity contribution < 1.29 is 0 Å². The zero-order valence-electron chi connectivity index (χ0n) is 6.65. The van der Waals surface area contributed by atoms with Crippen LogP contribution in [0.15, 0.2) is 12.1 Å². The third-order valence-electron chi connectivity index (χ3n) is 2.40. The van der Waals surface area contributed by atoms with E-state index in [1.54, 1.807) is 0 Å². The molecule has 0 aromatic heterocycles. The summed E-state index contributed by atoms with van der Waals surface area (Å²) in [6, 6.07) is 4.17. The van der Waals surface area contributed by atoms with Crippen LogP contribution in [-0.2, 0) is 12.8 Å². The molecule has 0 fully saturated rings. The smallest absolute Gasteiger partial charge is 0.0411 e. The number of halogens is 1. The first-order valence-electron chi connectivity index (χ1n) is 4.05.